The first kappa shape index (κ1) is 22.1. The van der Waals surface area contributed by atoms with Crippen molar-refractivity contribution in [2.24, 2.45) is 5.92 Å². The molecule has 7 nitrogen and oxygen atoms in total. The van der Waals surface area contributed by atoms with E-state index in [0.717, 1.165) is 18.9 Å². The van der Waals surface area contributed by atoms with Crippen LogP contribution in [0.3, 0.4) is 0 Å². The third-order valence-electron chi connectivity index (χ3n) is 6.80. The van der Waals surface area contributed by atoms with Gasteiger partial charge in [-0.05, 0) is 55.4 Å². The van der Waals surface area contributed by atoms with E-state index in [1.807, 2.05) is 0 Å². The Bertz CT molecular complexity index is 1500. The number of pyridine rings is 1. The number of hydrogen-bond donors (Lipinski definition) is 1. The van der Waals surface area contributed by atoms with Crippen LogP contribution in [0.25, 0.3) is 16.6 Å². The second kappa shape index (κ2) is 7.81. The first-order valence-electron chi connectivity index (χ1n) is 11.3. The van der Waals surface area contributed by atoms with Crippen LogP contribution in [0, 0.1) is 5.92 Å². The highest BCUT2D eigenvalue weighted by molar-refractivity contribution is 6.34. The Hall–Kier alpha value is -3.40. The minimum atomic E-state index is -4.51. The summed E-state index contributed by atoms with van der Waals surface area (Å²) < 4.78 is 41.2. The predicted molar refractivity (Wildman–Crippen MR) is 124 cm³/mol. The molecule has 1 saturated carbocycles. The Balaban J connectivity index is 1.42. The van der Waals surface area contributed by atoms with E-state index in [1.54, 1.807) is 34.0 Å². The number of aryl methyl sites for hydroxylation is 1. The standard InChI is InChI=1S/C24H20ClF3N6O/c25-15-8-17-19(34-11-30-9-20(34)22(29)32-17)7-14(15)23(35)33(10-12-1-2-12)18-5-4-16-13(18)3-6-21(31-16)24(26,27)28/h3,6-9,11-12,18H,1-2,4-5,10H2,(H2,29,32). The molecular formula is C24H20ClF3N6O. The zero-order chi connectivity index (χ0) is 24.5. The molecule has 2 aliphatic carbocycles. The summed E-state index contributed by atoms with van der Waals surface area (Å²) in [5.41, 5.74) is 8.24. The first-order chi connectivity index (χ1) is 16.7. The fraction of sp³-hybridized carbons (Fsp3) is 0.333. The summed E-state index contributed by atoms with van der Waals surface area (Å²) in [5, 5.41) is 0.235. The van der Waals surface area contributed by atoms with Crippen LogP contribution in [0.1, 0.15) is 52.6 Å². The zero-order valence-corrected chi connectivity index (χ0v) is 19.1. The number of nitrogens with two attached hydrogens (primary N) is 1. The van der Waals surface area contributed by atoms with E-state index in [1.165, 1.54) is 6.07 Å². The number of benzene rings is 1. The average Bonchev–Trinajstić information content (AvgIpc) is 3.32. The van der Waals surface area contributed by atoms with Crippen molar-refractivity contribution in [2.75, 3.05) is 12.3 Å². The van der Waals surface area contributed by atoms with Gasteiger partial charge in [-0.2, -0.15) is 13.2 Å². The van der Waals surface area contributed by atoms with Gasteiger partial charge in [0, 0.05) is 12.2 Å². The second-order valence-corrected chi connectivity index (χ2v) is 9.56. The number of hydrogen-bond acceptors (Lipinski definition) is 5. The van der Waals surface area contributed by atoms with Crippen LogP contribution in [-0.2, 0) is 12.6 Å². The van der Waals surface area contributed by atoms with Gasteiger partial charge in [0.05, 0.1) is 40.2 Å². The molecule has 6 rings (SSSR count). The highest BCUT2D eigenvalue weighted by atomic mass is 35.5. The molecule has 0 aliphatic heterocycles. The van der Waals surface area contributed by atoms with Gasteiger partial charge < -0.3 is 10.6 Å². The van der Waals surface area contributed by atoms with Crippen LogP contribution >= 0.6 is 11.6 Å². The number of imidazole rings is 1. The van der Waals surface area contributed by atoms with Gasteiger partial charge in [-0.25, -0.2) is 15.0 Å². The van der Waals surface area contributed by atoms with E-state index in [-0.39, 0.29) is 17.0 Å². The molecule has 1 fully saturated rings. The highest BCUT2D eigenvalue weighted by Crippen LogP contribution is 2.41. The van der Waals surface area contributed by atoms with E-state index in [9.17, 15) is 18.0 Å². The molecule has 4 aromatic rings. The molecule has 1 atom stereocenters. The summed E-state index contributed by atoms with van der Waals surface area (Å²) in [6.45, 7) is 0.513. The number of rotatable bonds is 4. The van der Waals surface area contributed by atoms with Crippen molar-refractivity contribution in [3.8, 4) is 0 Å². The number of anilines is 1. The van der Waals surface area contributed by atoms with E-state index >= 15 is 0 Å². The molecule has 35 heavy (non-hydrogen) atoms. The third-order valence-corrected chi connectivity index (χ3v) is 7.11. The molecular weight excluding hydrogens is 481 g/mol. The van der Waals surface area contributed by atoms with Crippen LogP contribution in [0.15, 0.2) is 36.8 Å². The molecule has 0 saturated heterocycles. The number of carbonyl (C=O) groups is 1. The van der Waals surface area contributed by atoms with Gasteiger partial charge in [-0.1, -0.05) is 17.7 Å². The van der Waals surface area contributed by atoms with Crippen LogP contribution in [-0.4, -0.2) is 36.7 Å². The van der Waals surface area contributed by atoms with Gasteiger partial charge in [-0.3, -0.25) is 9.20 Å². The predicted octanol–water partition coefficient (Wildman–Crippen LogP) is 5.07. The van der Waals surface area contributed by atoms with E-state index in [2.05, 4.69) is 15.0 Å². The molecule has 180 valence electrons. The number of nitrogens with zero attached hydrogens (tertiary/aromatic N) is 5. The lowest BCUT2D eigenvalue weighted by atomic mass is 10.1. The molecule has 0 bridgehead atoms. The molecule has 3 aromatic heterocycles. The summed E-state index contributed by atoms with van der Waals surface area (Å²) in [5.74, 6) is 0.395. The van der Waals surface area contributed by atoms with Crippen molar-refractivity contribution in [2.45, 2.75) is 37.9 Å². The lowest BCUT2D eigenvalue weighted by molar-refractivity contribution is -0.141. The van der Waals surface area contributed by atoms with Crippen LogP contribution in [0.4, 0.5) is 19.0 Å². The third kappa shape index (κ3) is 3.76. The zero-order valence-electron chi connectivity index (χ0n) is 18.4. The lowest BCUT2D eigenvalue weighted by Crippen LogP contribution is -2.36. The summed E-state index contributed by atoms with van der Waals surface area (Å²) in [4.78, 5) is 28.0. The second-order valence-electron chi connectivity index (χ2n) is 9.15. The van der Waals surface area contributed by atoms with E-state index in [4.69, 9.17) is 17.3 Å². The average molecular weight is 501 g/mol. The maximum absolute atomic E-state index is 13.9. The molecule has 0 spiro atoms. The normalized spacial score (nSPS) is 17.8. The summed E-state index contributed by atoms with van der Waals surface area (Å²) in [6.07, 6.45) is 1.59. The maximum Gasteiger partial charge on any atom is 0.433 e. The Morgan fingerprint density at radius 1 is 1.17 bits per heavy atom. The van der Waals surface area contributed by atoms with Crippen molar-refractivity contribution in [3.63, 3.8) is 0 Å². The topological polar surface area (TPSA) is 89.4 Å². The first-order valence-corrected chi connectivity index (χ1v) is 11.7. The van der Waals surface area contributed by atoms with E-state index in [0.29, 0.717) is 64.5 Å². The van der Waals surface area contributed by atoms with Crippen LogP contribution in [0.2, 0.25) is 5.02 Å². The quantitative estimate of drug-likeness (QED) is 0.422. The SMILES string of the molecule is Nc1nc2cc(Cl)c(C(=O)N(CC3CC3)C3CCc4nc(C(F)(F)F)ccc43)cc2n2cncc12. The number of amides is 1. The monoisotopic (exact) mass is 500 g/mol. The Labute approximate surface area is 202 Å². The minimum Gasteiger partial charge on any atom is -0.382 e. The maximum atomic E-state index is 13.9. The Kier molecular flexibility index (Phi) is 4.93. The van der Waals surface area contributed by atoms with Crippen molar-refractivity contribution in [1.82, 2.24) is 24.3 Å². The largest absolute Gasteiger partial charge is 0.433 e. The van der Waals surface area contributed by atoms with Gasteiger partial charge in [-0.15, -0.1) is 0 Å². The molecule has 2 aliphatic rings. The van der Waals surface area contributed by atoms with Crippen LogP contribution < -0.4 is 5.73 Å². The molecule has 1 amide bonds. The number of nitrogen functional groups attached to an aromatic ring is 1. The minimum absolute atomic E-state index is 0.235. The fourth-order valence-corrected chi connectivity index (χ4v) is 5.11. The number of carbonyl (C=O) groups excluding carboxylic acids is 1. The van der Waals surface area contributed by atoms with Crippen molar-refractivity contribution >= 4 is 39.9 Å². The highest BCUT2D eigenvalue weighted by Gasteiger charge is 2.39. The molecule has 2 N–H and O–H groups in total. The molecule has 1 aromatic carbocycles. The smallest absolute Gasteiger partial charge is 0.382 e. The number of alkyl halides is 3. The van der Waals surface area contributed by atoms with Gasteiger partial charge in [0.2, 0.25) is 0 Å². The molecule has 3 heterocycles. The summed E-state index contributed by atoms with van der Waals surface area (Å²) in [6, 6.07) is 5.38. The van der Waals surface area contributed by atoms with Gasteiger partial charge >= 0.3 is 6.18 Å². The van der Waals surface area contributed by atoms with Crippen molar-refractivity contribution in [1.29, 1.82) is 0 Å². The van der Waals surface area contributed by atoms with E-state index < -0.39 is 11.9 Å². The summed E-state index contributed by atoms with van der Waals surface area (Å²) in [7, 11) is 0. The number of fused-ring (bicyclic) bond motifs is 4. The lowest BCUT2D eigenvalue weighted by Gasteiger charge is -2.30. The molecule has 1 unspecified atom stereocenters. The van der Waals surface area contributed by atoms with Crippen molar-refractivity contribution in [3.05, 3.63) is 64.3 Å². The number of halogens is 4. The fourth-order valence-electron chi connectivity index (χ4n) is 4.87. The number of aromatic nitrogens is 4. The molecule has 0 radical (unpaired) electrons. The Morgan fingerprint density at radius 2 is 1.97 bits per heavy atom. The van der Waals surface area contributed by atoms with Gasteiger partial charge in [0.1, 0.15) is 17.0 Å². The van der Waals surface area contributed by atoms with Crippen LogP contribution in [0.5, 0.6) is 0 Å². The molecule has 11 heteroatoms. The Morgan fingerprint density at radius 3 is 2.71 bits per heavy atom. The van der Waals surface area contributed by atoms with Gasteiger partial charge in [0.25, 0.3) is 5.91 Å². The van der Waals surface area contributed by atoms with Crippen molar-refractivity contribution < 1.29 is 18.0 Å². The summed E-state index contributed by atoms with van der Waals surface area (Å²) >= 11 is 6.56. The van der Waals surface area contributed by atoms with Gasteiger partial charge in [0.15, 0.2) is 0 Å².